The second-order valence-electron chi connectivity index (χ2n) is 3.15. The highest BCUT2D eigenvalue weighted by molar-refractivity contribution is 6.33. The Morgan fingerprint density at radius 2 is 2.13 bits per heavy atom. The Morgan fingerprint density at radius 3 is 2.87 bits per heavy atom. The molecule has 3 nitrogen and oxygen atoms in total. The van der Waals surface area contributed by atoms with Crippen molar-refractivity contribution in [2.45, 2.75) is 6.42 Å². The molecule has 0 amide bonds. The van der Waals surface area contributed by atoms with Gasteiger partial charge in [-0.05, 0) is 18.7 Å². The summed E-state index contributed by atoms with van der Waals surface area (Å²) >= 11 is 6.02. The van der Waals surface area contributed by atoms with Crippen molar-refractivity contribution in [2.75, 3.05) is 6.54 Å². The number of aromatic nitrogens is 1. The maximum atomic E-state index is 6.02. The highest BCUT2D eigenvalue weighted by Gasteiger charge is 2.08. The Bertz CT molecular complexity index is 453. The molecule has 0 bridgehead atoms. The summed E-state index contributed by atoms with van der Waals surface area (Å²) in [5, 5.41) is 0.638. The molecule has 1 heterocycles. The zero-order valence-corrected chi connectivity index (χ0v) is 8.87. The predicted molar refractivity (Wildman–Crippen MR) is 59.7 cm³/mol. The van der Waals surface area contributed by atoms with Crippen LogP contribution in [0.3, 0.4) is 0 Å². The number of nitrogens with zero attached hydrogens (tertiary/aromatic N) is 1. The summed E-state index contributed by atoms with van der Waals surface area (Å²) in [5.41, 5.74) is 6.23. The number of halogens is 1. The number of rotatable bonds is 3. The topological polar surface area (TPSA) is 52.0 Å². The van der Waals surface area contributed by atoms with E-state index in [9.17, 15) is 0 Å². The van der Waals surface area contributed by atoms with E-state index < -0.39 is 0 Å². The quantitative estimate of drug-likeness (QED) is 0.868. The van der Waals surface area contributed by atoms with Crippen LogP contribution in [0.5, 0.6) is 0 Å². The van der Waals surface area contributed by atoms with Gasteiger partial charge in [0.1, 0.15) is 5.76 Å². The second-order valence-corrected chi connectivity index (χ2v) is 3.56. The monoisotopic (exact) mass is 222 g/mol. The zero-order valence-electron chi connectivity index (χ0n) is 8.11. The van der Waals surface area contributed by atoms with Crippen LogP contribution in [0.15, 0.2) is 34.9 Å². The number of nitrogens with two attached hydrogens (primary N) is 1. The first-order valence-electron chi connectivity index (χ1n) is 4.71. The van der Waals surface area contributed by atoms with Gasteiger partial charge in [0, 0.05) is 6.42 Å². The summed E-state index contributed by atoms with van der Waals surface area (Å²) in [6, 6.07) is 7.45. The van der Waals surface area contributed by atoms with E-state index in [0.29, 0.717) is 23.9 Å². The van der Waals surface area contributed by atoms with Crippen molar-refractivity contribution in [3.8, 4) is 11.5 Å². The lowest BCUT2D eigenvalue weighted by Crippen LogP contribution is -2.01. The molecule has 0 fully saturated rings. The summed E-state index contributed by atoms with van der Waals surface area (Å²) in [7, 11) is 0. The highest BCUT2D eigenvalue weighted by Crippen LogP contribution is 2.26. The van der Waals surface area contributed by atoms with Crippen molar-refractivity contribution in [2.24, 2.45) is 5.73 Å². The Kier molecular flexibility index (Phi) is 3.04. The minimum atomic E-state index is 0.545. The maximum Gasteiger partial charge on any atom is 0.227 e. The van der Waals surface area contributed by atoms with Gasteiger partial charge in [0.05, 0.1) is 16.8 Å². The fourth-order valence-corrected chi connectivity index (χ4v) is 1.54. The first kappa shape index (κ1) is 10.2. The van der Waals surface area contributed by atoms with Crippen LogP contribution >= 0.6 is 11.6 Å². The van der Waals surface area contributed by atoms with E-state index >= 15 is 0 Å². The third-order valence-corrected chi connectivity index (χ3v) is 2.38. The molecule has 0 unspecified atom stereocenters. The number of hydrogen-bond donors (Lipinski definition) is 1. The molecule has 15 heavy (non-hydrogen) atoms. The molecule has 0 radical (unpaired) electrons. The molecule has 0 aliphatic heterocycles. The minimum Gasteiger partial charge on any atom is -0.441 e. The lowest BCUT2D eigenvalue weighted by Gasteiger charge is -1.97. The van der Waals surface area contributed by atoms with E-state index in [-0.39, 0.29) is 0 Å². The minimum absolute atomic E-state index is 0.545. The van der Waals surface area contributed by atoms with Gasteiger partial charge in [0.15, 0.2) is 0 Å². The van der Waals surface area contributed by atoms with Gasteiger partial charge in [-0.2, -0.15) is 0 Å². The summed E-state index contributed by atoms with van der Waals surface area (Å²) in [5.74, 6) is 1.33. The van der Waals surface area contributed by atoms with Gasteiger partial charge in [0.2, 0.25) is 5.89 Å². The Hall–Kier alpha value is -1.32. The molecule has 78 valence electrons. The van der Waals surface area contributed by atoms with E-state index in [1.165, 1.54) is 0 Å². The Balaban J connectivity index is 2.33. The van der Waals surface area contributed by atoms with Crippen molar-refractivity contribution >= 4 is 11.6 Å². The molecule has 0 atom stereocenters. The van der Waals surface area contributed by atoms with Crippen LogP contribution < -0.4 is 5.73 Å². The largest absolute Gasteiger partial charge is 0.441 e. The Labute approximate surface area is 92.9 Å². The average Bonchev–Trinajstić information content (AvgIpc) is 2.68. The summed E-state index contributed by atoms with van der Waals surface area (Å²) in [4.78, 5) is 4.16. The van der Waals surface area contributed by atoms with Crippen molar-refractivity contribution in [3.05, 3.63) is 41.2 Å². The number of benzene rings is 1. The number of hydrogen-bond acceptors (Lipinski definition) is 3. The van der Waals surface area contributed by atoms with Gasteiger partial charge < -0.3 is 10.2 Å². The van der Waals surface area contributed by atoms with Gasteiger partial charge in [0.25, 0.3) is 0 Å². The van der Waals surface area contributed by atoms with E-state index in [1.807, 2.05) is 24.3 Å². The zero-order chi connectivity index (χ0) is 10.7. The molecule has 0 saturated carbocycles. The summed E-state index contributed by atoms with van der Waals surface area (Å²) in [6.07, 6.45) is 2.38. The second kappa shape index (κ2) is 4.47. The SMILES string of the molecule is NCCc1cnc(-c2ccccc2Cl)o1. The molecule has 2 rings (SSSR count). The summed E-state index contributed by atoms with van der Waals surface area (Å²) in [6.45, 7) is 0.553. The molecule has 1 aromatic heterocycles. The molecule has 1 aromatic carbocycles. The fraction of sp³-hybridized carbons (Fsp3) is 0.182. The van der Waals surface area contributed by atoms with Crippen LogP contribution in [-0.2, 0) is 6.42 Å². The van der Waals surface area contributed by atoms with Crippen LogP contribution in [0.4, 0.5) is 0 Å². The molecule has 0 saturated heterocycles. The van der Waals surface area contributed by atoms with Gasteiger partial charge in [-0.15, -0.1) is 0 Å². The lowest BCUT2D eigenvalue weighted by molar-refractivity contribution is 0.519. The van der Waals surface area contributed by atoms with Crippen LogP contribution in [0.25, 0.3) is 11.5 Å². The molecule has 0 aliphatic rings. The van der Waals surface area contributed by atoms with Gasteiger partial charge in [-0.1, -0.05) is 23.7 Å². The van der Waals surface area contributed by atoms with Crippen molar-refractivity contribution in [1.29, 1.82) is 0 Å². The Morgan fingerprint density at radius 1 is 1.33 bits per heavy atom. The standard InChI is InChI=1S/C11H11ClN2O/c12-10-4-2-1-3-9(10)11-14-7-8(15-11)5-6-13/h1-4,7H,5-6,13H2. The van der Waals surface area contributed by atoms with Crippen molar-refractivity contribution in [3.63, 3.8) is 0 Å². The molecular weight excluding hydrogens is 212 g/mol. The molecular formula is C11H11ClN2O. The van der Waals surface area contributed by atoms with Crippen LogP contribution in [0, 0.1) is 0 Å². The van der Waals surface area contributed by atoms with Gasteiger partial charge >= 0.3 is 0 Å². The number of oxazole rings is 1. The molecule has 4 heteroatoms. The van der Waals surface area contributed by atoms with E-state index in [4.69, 9.17) is 21.8 Å². The van der Waals surface area contributed by atoms with Crippen LogP contribution in [0.1, 0.15) is 5.76 Å². The smallest absolute Gasteiger partial charge is 0.227 e. The van der Waals surface area contributed by atoms with Crippen LogP contribution in [0.2, 0.25) is 5.02 Å². The molecule has 2 aromatic rings. The predicted octanol–water partition coefficient (Wildman–Crippen LogP) is 2.50. The lowest BCUT2D eigenvalue weighted by atomic mass is 10.2. The van der Waals surface area contributed by atoms with Gasteiger partial charge in [-0.25, -0.2) is 4.98 Å². The summed E-state index contributed by atoms with van der Waals surface area (Å²) < 4.78 is 5.52. The molecule has 0 spiro atoms. The van der Waals surface area contributed by atoms with Crippen LogP contribution in [-0.4, -0.2) is 11.5 Å². The van der Waals surface area contributed by atoms with E-state index in [0.717, 1.165) is 11.3 Å². The van der Waals surface area contributed by atoms with E-state index in [2.05, 4.69) is 4.98 Å². The van der Waals surface area contributed by atoms with Gasteiger partial charge in [-0.3, -0.25) is 0 Å². The van der Waals surface area contributed by atoms with Crippen molar-refractivity contribution in [1.82, 2.24) is 4.98 Å². The normalized spacial score (nSPS) is 10.5. The van der Waals surface area contributed by atoms with E-state index in [1.54, 1.807) is 6.20 Å². The highest BCUT2D eigenvalue weighted by atomic mass is 35.5. The molecule has 0 aliphatic carbocycles. The van der Waals surface area contributed by atoms with Crippen molar-refractivity contribution < 1.29 is 4.42 Å². The maximum absolute atomic E-state index is 6.02. The first-order chi connectivity index (χ1) is 7.31. The fourth-order valence-electron chi connectivity index (χ4n) is 1.32. The first-order valence-corrected chi connectivity index (χ1v) is 5.08. The average molecular weight is 223 g/mol. The third-order valence-electron chi connectivity index (χ3n) is 2.05. The molecule has 2 N–H and O–H groups in total. The third kappa shape index (κ3) is 2.19.